The van der Waals surface area contributed by atoms with E-state index in [0.29, 0.717) is 44.5 Å². The molecule has 4 bridgehead atoms. The highest BCUT2D eigenvalue weighted by Crippen LogP contribution is 2.76. The number of carbonyl (C=O) groups excluding carboxylic acids is 3. The number of esters is 2. The van der Waals surface area contributed by atoms with E-state index >= 15 is 0 Å². The minimum Gasteiger partial charge on any atom is -0.493 e. The molecular weight excluding hydrogens is 689 g/mol. The van der Waals surface area contributed by atoms with Crippen LogP contribution in [0.3, 0.4) is 0 Å². The van der Waals surface area contributed by atoms with Gasteiger partial charge in [0.1, 0.15) is 27.2 Å². The first-order chi connectivity index (χ1) is 23.3. The van der Waals surface area contributed by atoms with Crippen LogP contribution in [0.25, 0.3) is 10.4 Å². The van der Waals surface area contributed by atoms with Crippen molar-refractivity contribution in [2.24, 2.45) is 34.0 Å². The highest BCUT2D eigenvalue weighted by molar-refractivity contribution is 7.80. The molecule has 0 radical (unpaired) electrons. The van der Waals surface area contributed by atoms with Crippen molar-refractivity contribution < 1.29 is 48.7 Å². The second kappa shape index (κ2) is 12.6. The molecular formula is C36H42O10S3. The molecule has 2 saturated heterocycles. The highest BCUT2D eigenvalue weighted by Gasteiger charge is 2.87. The van der Waals surface area contributed by atoms with Crippen molar-refractivity contribution in [1.82, 2.24) is 0 Å². The van der Waals surface area contributed by atoms with Crippen molar-refractivity contribution in [3.63, 3.8) is 0 Å². The van der Waals surface area contributed by atoms with Gasteiger partial charge < -0.3 is 34.3 Å². The first-order valence-electron chi connectivity index (χ1n) is 16.9. The van der Waals surface area contributed by atoms with Crippen LogP contribution in [0.1, 0.15) is 58.8 Å². The molecule has 0 amide bonds. The van der Waals surface area contributed by atoms with Crippen LogP contribution >= 0.6 is 32.9 Å². The molecule has 13 heteroatoms. The predicted octanol–water partition coefficient (Wildman–Crippen LogP) is 5.24. The molecule has 2 spiro atoms. The summed E-state index contributed by atoms with van der Waals surface area (Å²) >= 11 is 5.20. The van der Waals surface area contributed by atoms with Crippen molar-refractivity contribution in [3.8, 4) is 16.2 Å². The zero-order chi connectivity index (χ0) is 34.9. The predicted molar refractivity (Wildman–Crippen MR) is 183 cm³/mol. The number of fused-ring (bicyclic) bond motifs is 2. The van der Waals surface area contributed by atoms with Gasteiger partial charge in [-0.1, -0.05) is 53.3 Å². The van der Waals surface area contributed by atoms with Gasteiger partial charge in [0, 0.05) is 28.5 Å². The van der Waals surface area contributed by atoms with E-state index in [4.69, 9.17) is 31.2 Å². The zero-order valence-corrected chi connectivity index (χ0v) is 30.0. The van der Waals surface area contributed by atoms with Gasteiger partial charge in [-0.25, -0.2) is 0 Å². The van der Waals surface area contributed by atoms with E-state index in [1.165, 1.54) is 0 Å². The fraction of sp³-hybridized carbons (Fsp3) is 0.611. The van der Waals surface area contributed by atoms with Crippen LogP contribution in [0.5, 0.6) is 5.75 Å². The maximum Gasteiger partial charge on any atom is 0.306 e. The normalized spacial score (nSPS) is 36.9. The van der Waals surface area contributed by atoms with Gasteiger partial charge in [0.15, 0.2) is 5.78 Å². The third-order valence-corrected chi connectivity index (χ3v) is 15.0. The number of Topliss-reactive ketones (excluding diaryl/α,β-unsaturated/α-hetero) is 1. The van der Waals surface area contributed by atoms with Gasteiger partial charge in [-0.2, -0.15) is 0 Å². The first-order valence-corrected chi connectivity index (χ1v) is 19.5. The lowest BCUT2D eigenvalue weighted by Crippen LogP contribution is -2.85. The highest BCUT2D eigenvalue weighted by atomic mass is 32.9. The minimum absolute atomic E-state index is 0.0109. The lowest BCUT2D eigenvalue weighted by molar-refractivity contribution is -0.458. The van der Waals surface area contributed by atoms with E-state index in [0.717, 1.165) is 14.3 Å². The Bertz CT molecular complexity index is 1720. The number of benzene rings is 1. The molecule has 4 saturated carbocycles. The Labute approximate surface area is 297 Å². The van der Waals surface area contributed by atoms with Gasteiger partial charge in [-0.15, -0.1) is 0 Å². The van der Waals surface area contributed by atoms with Crippen LogP contribution in [0.15, 0.2) is 42.5 Å². The van der Waals surface area contributed by atoms with E-state index in [2.05, 4.69) is 6.58 Å². The number of rotatable bonds is 10. The molecule has 1 aromatic carbocycles. The van der Waals surface area contributed by atoms with Gasteiger partial charge in [-0.3, -0.25) is 14.4 Å². The summed E-state index contributed by atoms with van der Waals surface area (Å²) in [7, 11) is 3.19. The van der Waals surface area contributed by atoms with Gasteiger partial charge in [0.25, 0.3) is 0 Å². The van der Waals surface area contributed by atoms with E-state index in [9.17, 15) is 29.7 Å². The summed E-state index contributed by atoms with van der Waals surface area (Å²) in [6.07, 6.45) is -1.54. The number of aliphatic hydroxyl groups excluding tert-OH is 2. The molecule has 49 heavy (non-hydrogen) atoms. The zero-order valence-electron chi connectivity index (χ0n) is 27.6. The lowest BCUT2D eigenvalue weighted by Gasteiger charge is -2.74. The van der Waals surface area contributed by atoms with E-state index in [1.807, 2.05) is 44.2 Å². The third kappa shape index (κ3) is 5.21. The average Bonchev–Trinajstić information content (AvgIpc) is 3.55. The molecule has 2 aromatic rings. The molecule has 4 aliphatic carbocycles. The molecule has 264 valence electrons. The summed E-state index contributed by atoms with van der Waals surface area (Å²) in [4.78, 5) is 41.1. The molecule has 8 rings (SSSR count). The van der Waals surface area contributed by atoms with Crippen molar-refractivity contribution >= 4 is 50.6 Å². The summed E-state index contributed by atoms with van der Waals surface area (Å²) < 4.78 is 24.0. The van der Waals surface area contributed by atoms with Crippen molar-refractivity contribution in [2.75, 3.05) is 19.8 Å². The van der Waals surface area contributed by atoms with Gasteiger partial charge >= 0.3 is 11.9 Å². The fourth-order valence-corrected chi connectivity index (χ4v) is 12.4. The van der Waals surface area contributed by atoms with Gasteiger partial charge in [0.2, 0.25) is 5.79 Å². The Hall–Kier alpha value is -2.52. The minimum atomic E-state index is -2.33. The quantitative estimate of drug-likeness (QED) is 0.0970. The number of hydrogen-bond donors (Lipinski definition) is 3. The summed E-state index contributed by atoms with van der Waals surface area (Å²) in [5.74, 6) is -5.14. The molecule has 9 atom stereocenters. The topological polar surface area (TPSA) is 149 Å². The molecule has 1 aromatic heterocycles. The average molecular weight is 731 g/mol. The van der Waals surface area contributed by atoms with Gasteiger partial charge in [0.05, 0.1) is 38.8 Å². The number of ketones is 1. The Balaban J connectivity index is 0.959. The summed E-state index contributed by atoms with van der Waals surface area (Å²) in [6.45, 7) is 8.49. The summed E-state index contributed by atoms with van der Waals surface area (Å²) in [5.41, 5.74) is -1.98. The van der Waals surface area contributed by atoms with Crippen LogP contribution in [-0.2, 0) is 28.6 Å². The second-order valence-corrected chi connectivity index (χ2v) is 17.8. The SMILES string of the molecule is C=C1C(=O)[C@]23[C@H](OC(=O)CCC(=O)OCCCOc4ccc(-c5cc(=S)ss5)cc4)[C@H]1CC[C@H]2[C@@]12CO[C@@]3(O)[C@@H](O)[C@@H]1C(C)(C)CC[C@@H]2O. The molecule has 0 unspecified atom stereocenters. The number of hydrogen-bond acceptors (Lipinski definition) is 13. The van der Waals surface area contributed by atoms with Crippen LogP contribution < -0.4 is 4.74 Å². The molecule has 6 aliphatic rings. The Kier molecular flexibility index (Phi) is 8.98. The maximum absolute atomic E-state index is 14.2. The number of carbonyl (C=O) groups is 3. The van der Waals surface area contributed by atoms with Crippen molar-refractivity contribution in [1.29, 1.82) is 0 Å². The fourth-order valence-electron chi connectivity index (χ4n) is 10.0. The molecule has 3 N–H and O–H groups in total. The van der Waals surface area contributed by atoms with E-state index in [1.54, 1.807) is 20.7 Å². The largest absolute Gasteiger partial charge is 0.493 e. The number of ether oxygens (including phenoxy) is 4. The maximum atomic E-state index is 14.2. The summed E-state index contributed by atoms with van der Waals surface area (Å²) in [6, 6.07) is 9.67. The monoisotopic (exact) mass is 730 g/mol. The van der Waals surface area contributed by atoms with Crippen LogP contribution in [0.4, 0.5) is 0 Å². The summed E-state index contributed by atoms with van der Waals surface area (Å²) in [5, 5.41) is 35.7. The standard InChI is InChI=1S/C36H42O10S3/c1-19-22-9-10-24-34-18-45-36(42,31(41)29(34)33(2,3)14-13-25(34)37)35(24,30(19)40)32(22)46-27(39)12-11-26(38)44-16-4-15-43-21-7-5-20(6-8-21)23-17-28(47)49-48-23/h5-8,17,22,24-25,29,31-32,37,41-42H,1,4,9-16,18H2,2-3H3/t22-,24-,25-,29+,31-,32+,34+,35-,36-/m0/s1. The van der Waals surface area contributed by atoms with E-state index in [-0.39, 0.29) is 31.6 Å². The van der Waals surface area contributed by atoms with Crippen LogP contribution in [0, 0.1) is 37.8 Å². The molecule has 6 fully saturated rings. The molecule has 10 nitrogen and oxygen atoms in total. The van der Waals surface area contributed by atoms with Crippen LogP contribution in [0.2, 0.25) is 0 Å². The lowest BCUT2D eigenvalue weighted by atomic mass is 9.35. The van der Waals surface area contributed by atoms with Crippen molar-refractivity contribution in [3.05, 3.63) is 46.3 Å². The Morgan fingerprint density at radius 1 is 1.06 bits per heavy atom. The first kappa shape index (κ1) is 34.9. The second-order valence-electron chi connectivity index (χ2n) is 14.9. The Morgan fingerprint density at radius 2 is 1.80 bits per heavy atom. The number of aliphatic hydroxyl groups is 3. The Morgan fingerprint density at radius 3 is 2.51 bits per heavy atom. The third-order valence-electron chi connectivity index (χ3n) is 12.1. The van der Waals surface area contributed by atoms with E-state index < -0.39 is 75.8 Å². The van der Waals surface area contributed by atoms with Gasteiger partial charge in [-0.05, 0) is 78.5 Å². The molecule has 2 aliphatic heterocycles. The molecule has 3 heterocycles. The van der Waals surface area contributed by atoms with Crippen LogP contribution in [-0.4, -0.2) is 77.0 Å². The smallest absolute Gasteiger partial charge is 0.306 e. The van der Waals surface area contributed by atoms with Crippen molar-refractivity contribution in [2.45, 2.75) is 82.9 Å².